The van der Waals surface area contributed by atoms with Crippen molar-refractivity contribution in [1.82, 2.24) is 4.98 Å². The van der Waals surface area contributed by atoms with E-state index in [1.165, 1.54) is 12.3 Å². The lowest BCUT2D eigenvalue weighted by Gasteiger charge is -1.93. The second-order valence-electron chi connectivity index (χ2n) is 2.55. The Morgan fingerprint density at radius 3 is 2.62 bits per heavy atom. The number of fused-ring (bicyclic) bond motifs is 1. The summed E-state index contributed by atoms with van der Waals surface area (Å²) >= 11 is 0. The highest BCUT2D eigenvalue weighted by atomic mass is 35.5. The van der Waals surface area contributed by atoms with Crippen LogP contribution in [0.5, 0.6) is 0 Å². The smallest absolute Gasteiger partial charge is 0.150 e. The fourth-order valence-electron chi connectivity index (χ4n) is 1.18. The Bertz CT molecular complexity index is 439. The average Bonchev–Trinajstić information content (AvgIpc) is 2.33. The second kappa shape index (κ2) is 3.22. The van der Waals surface area contributed by atoms with Crippen LogP contribution < -0.4 is 5.73 Å². The van der Waals surface area contributed by atoms with E-state index in [1.54, 1.807) is 0 Å². The van der Waals surface area contributed by atoms with Gasteiger partial charge in [-0.15, -0.1) is 12.4 Å². The Morgan fingerprint density at radius 1 is 1.23 bits per heavy atom. The van der Waals surface area contributed by atoms with E-state index in [2.05, 4.69) is 4.98 Å². The molecule has 0 unspecified atom stereocenters. The molecule has 2 nitrogen and oxygen atoms in total. The van der Waals surface area contributed by atoms with Gasteiger partial charge in [0, 0.05) is 17.6 Å². The molecule has 70 valence electrons. The molecule has 0 saturated carbocycles. The molecular formula is C8H7ClF2N2. The van der Waals surface area contributed by atoms with Crippen molar-refractivity contribution in [3.63, 3.8) is 0 Å². The zero-order chi connectivity index (χ0) is 8.72. The number of hydrogen-bond donors (Lipinski definition) is 2. The van der Waals surface area contributed by atoms with E-state index in [1.807, 2.05) is 0 Å². The van der Waals surface area contributed by atoms with Gasteiger partial charge < -0.3 is 10.7 Å². The lowest BCUT2D eigenvalue weighted by atomic mass is 10.2. The SMILES string of the molecule is Cl.Nc1c[nH]c2c(F)cc(F)cc12. The van der Waals surface area contributed by atoms with Crippen molar-refractivity contribution >= 4 is 29.0 Å². The number of benzene rings is 1. The summed E-state index contributed by atoms with van der Waals surface area (Å²) in [5.74, 6) is -1.24. The fraction of sp³-hybridized carbons (Fsp3) is 0. The van der Waals surface area contributed by atoms with E-state index < -0.39 is 11.6 Å². The highest BCUT2D eigenvalue weighted by Gasteiger charge is 2.07. The predicted octanol–water partition coefficient (Wildman–Crippen LogP) is 2.45. The van der Waals surface area contributed by atoms with Gasteiger partial charge in [-0.3, -0.25) is 0 Å². The molecule has 0 bridgehead atoms. The van der Waals surface area contributed by atoms with Gasteiger partial charge >= 0.3 is 0 Å². The Labute approximate surface area is 79.1 Å². The quantitative estimate of drug-likeness (QED) is 0.680. The van der Waals surface area contributed by atoms with E-state index in [-0.39, 0.29) is 17.9 Å². The summed E-state index contributed by atoms with van der Waals surface area (Å²) in [5.41, 5.74) is 6.04. The van der Waals surface area contributed by atoms with Crippen LogP contribution in [0.1, 0.15) is 0 Å². The summed E-state index contributed by atoms with van der Waals surface area (Å²) in [6.07, 6.45) is 1.44. The summed E-state index contributed by atoms with van der Waals surface area (Å²) in [5, 5.41) is 0.382. The van der Waals surface area contributed by atoms with E-state index in [0.717, 1.165) is 6.07 Å². The molecule has 0 amide bonds. The number of halogens is 3. The number of aromatic amines is 1. The van der Waals surface area contributed by atoms with Crippen molar-refractivity contribution in [2.75, 3.05) is 5.73 Å². The Hall–Kier alpha value is -1.29. The number of rotatable bonds is 0. The van der Waals surface area contributed by atoms with Crippen LogP contribution >= 0.6 is 12.4 Å². The summed E-state index contributed by atoms with van der Waals surface area (Å²) in [6, 6.07) is 2.02. The van der Waals surface area contributed by atoms with Gasteiger partial charge in [0.1, 0.15) is 11.6 Å². The number of nitrogens with one attached hydrogen (secondary N) is 1. The molecule has 0 fully saturated rings. The van der Waals surface area contributed by atoms with Crippen LogP contribution in [-0.2, 0) is 0 Å². The third kappa shape index (κ3) is 1.45. The number of nitrogen functional groups attached to an aromatic ring is 1. The van der Waals surface area contributed by atoms with Gasteiger partial charge in [-0.2, -0.15) is 0 Å². The van der Waals surface area contributed by atoms with Crippen LogP contribution in [-0.4, -0.2) is 4.98 Å². The van der Waals surface area contributed by atoms with Gasteiger partial charge in [0.2, 0.25) is 0 Å². The topological polar surface area (TPSA) is 41.8 Å². The Balaban J connectivity index is 0.000000845. The van der Waals surface area contributed by atoms with Crippen LogP contribution in [0.25, 0.3) is 10.9 Å². The second-order valence-corrected chi connectivity index (χ2v) is 2.55. The Kier molecular flexibility index (Phi) is 2.43. The third-order valence-corrected chi connectivity index (χ3v) is 1.74. The number of nitrogens with two attached hydrogens (primary N) is 1. The van der Waals surface area contributed by atoms with E-state index in [4.69, 9.17) is 5.73 Å². The standard InChI is InChI=1S/C8H6F2N2.ClH/c9-4-1-5-7(11)3-12-8(5)6(10)2-4;/h1-3,12H,11H2;1H. The van der Waals surface area contributed by atoms with Gasteiger partial charge in [0.05, 0.1) is 11.2 Å². The maximum atomic E-state index is 12.9. The summed E-state index contributed by atoms with van der Waals surface area (Å²) < 4.78 is 25.6. The summed E-state index contributed by atoms with van der Waals surface area (Å²) in [6.45, 7) is 0. The van der Waals surface area contributed by atoms with Crippen LogP contribution in [0.15, 0.2) is 18.3 Å². The number of H-pyrrole nitrogens is 1. The zero-order valence-electron chi connectivity index (χ0n) is 6.47. The molecule has 2 rings (SSSR count). The van der Waals surface area contributed by atoms with Crippen molar-refractivity contribution in [2.45, 2.75) is 0 Å². The molecule has 13 heavy (non-hydrogen) atoms. The van der Waals surface area contributed by atoms with Crippen LogP contribution in [0.2, 0.25) is 0 Å². The van der Waals surface area contributed by atoms with Gasteiger partial charge in [0.15, 0.2) is 0 Å². The third-order valence-electron chi connectivity index (χ3n) is 1.74. The molecule has 0 atom stereocenters. The molecule has 3 N–H and O–H groups in total. The van der Waals surface area contributed by atoms with Gasteiger partial charge in [-0.25, -0.2) is 8.78 Å². The first kappa shape index (κ1) is 9.80. The maximum Gasteiger partial charge on any atom is 0.150 e. The maximum absolute atomic E-state index is 12.9. The molecule has 1 aromatic heterocycles. The zero-order valence-corrected chi connectivity index (χ0v) is 7.29. The van der Waals surface area contributed by atoms with Crippen molar-refractivity contribution in [2.24, 2.45) is 0 Å². The number of hydrogen-bond acceptors (Lipinski definition) is 1. The first-order valence-corrected chi connectivity index (χ1v) is 3.40. The molecule has 2 aromatic rings. The highest BCUT2D eigenvalue weighted by Crippen LogP contribution is 2.23. The molecule has 0 radical (unpaired) electrons. The molecule has 0 saturated heterocycles. The normalized spacial score (nSPS) is 10.0. The van der Waals surface area contributed by atoms with E-state index in [9.17, 15) is 8.78 Å². The molecule has 5 heteroatoms. The van der Waals surface area contributed by atoms with Crippen molar-refractivity contribution < 1.29 is 8.78 Å². The van der Waals surface area contributed by atoms with Crippen LogP contribution in [0.4, 0.5) is 14.5 Å². The average molecular weight is 205 g/mol. The molecule has 0 aliphatic carbocycles. The van der Waals surface area contributed by atoms with Gasteiger partial charge in [-0.1, -0.05) is 0 Å². The lowest BCUT2D eigenvalue weighted by molar-refractivity contribution is 0.591. The fourth-order valence-corrected chi connectivity index (χ4v) is 1.18. The van der Waals surface area contributed by atoms with Gasteiger partial charge in [-0.05, 0) is 6.07 Å². The predicted molar refractivity (Wildman–Crippen MR) is 49.9 cm³/mol. The molecule has 1 aromatic carbocycles. The van der Waals surface area contributed by atoms with Gasteiger partial charge in [0.25, 0.3) is 0 Å². The van der Waals surface area contributed by atoms with Crippen molar-refractivity contribution in [3.8, 4) is 0 Å². The Morgan fingerprint density at radius 2 is 1.92 bits per heavy atom. The first-order valence-electron chi connectivity index (χ1n) is 3.40. The van der Waals surface area contributed by atoms with E-state index in [0.29, 0.717) is 11.1 Å². The van der Waals surface area contributed by atoms with Crippen molar-refractivity contribution in [1.29, 1.82) is 0 Å². The molecule has 0 aliphatic rings. The summed E-state index contributed by atoms with van der Waals surface area (Å²) in [7, 11) is 0. The minimum atomic E-state index is -0.623. The van der Waals surface area contributed by atoms with Crippen LogP contribution in [0.3, 0.4) is 0 Å². The molecule has 0 spiro atoms. The molecular weight excluding hydrogens is 198 g/mol. The van der Waals surface area contributed by atoms with Crippen LogP contribution in [0, 0.1) is 11.6 Å². The lowest BCUT2D eigenvalue weighted by Crippen LogP contribution is -1.84. The molecule has 1 heterocycles. The minimum absolute atomic E-state index is 0. The first-order chi connectivity index (χ1) is 5.68. The summed E-state index contributed by atoms with van der Waals surface area (Å²) in [4.78, 5) is 2.62. The highest BCUT2D eigenvalue weighted by molar-refractivity contribution is 5.91. The van der Waals surface area contributed by atoms with Crippen molar-refractivity contribution in [3.05, 3.63) is 30.0 Å². The molecule has 0 aliphatic heterocycles. The number of aromatic nitrogens is 1. The largest absolute Gasteiger partial charge is 0.397 e. The minimum Gasteiger partial charge on any atom is -0.397 e. The van der Waals surface area contributed by atoms with E-state index >= 15 is 0 Å². The number of anilines is 1. The monoisotopic (exact) mass is 204 g/mol.